The van der Waals surface area contributed by atoms with E-state index in [9.17, 15) is 35.9 Å². The number of rotatable bonds is 0. The average Bonchev–Trinajstić information content (AvgIpc) is 1.82. The van der Waals surface area contributed by atoms with Crippen LogP contribution in [0, 0.1) is 0 Å². The molecule has 3 nitrogen and oxygen atoms in total. The summed E-state index contributed by atoms with van der Waals surface area (Å²) < 4.78 is 69.7. The predicted octanol–water partition coefficient (Wildman–Crippen LogP) is 1.29. The van der Waals surface area contributed by atoms with E-state index in [4.69, 9.17) is 0 Å². The maximum Gasteiger partial charge on any atom is 0.491 e. The molecule has 0 saturated carbocycles. The molecule has 0 rings (SSSR count). The number of carbonyl (C=O) groups excluding carboxylic acids is 2. The quantitative estimate of drug-likeness (QED) is 0.344. The molecule has 0 amide bonds. The number of ether oxygens (including phenoxy) is 1. The highest BCUT2D eigenvalue weighted by molar-refractivity contribution is 5.90. The zero-order chi connectivity index (χ0) is 10.9. The van der Waals surface area contributed by atoms with E-state index in [1.807, 2.05) is 0 Å². The van der Waals surface area contributed by atoms with Gasteiger partial charge in [0.15, 0.2) is 0 Å². The molecule has 9 heteroatoms. The Balaban J connectivity index is 0. The molecule has 0 unspecified atom stereocenters. The Kier molecular flexibility index (Phi) is 2.91. The summed E-state index contributed by atoms with van der Waals surface area (Å²) >= 11 is 0. The molecule has 0 aromatic rings. The largest absolute Gasteiger partial charge is 1.00 e. The van der Waals surface area contributed by atoms with Gasteiger partial charge in [-0.3, -0.25) is 0 Å². The zero-order valence-corrected chi connectivity index (χ0v) is 5.49. The van der Waals surface area contributed by atoms with Gasteiger partial charge < -0.3 is 6.16 Å². The first-order valence-corrected chi connectivity index (χ1v) is 2.45. The van der Waals surface area contributed by atoms with Gasteiger partial charge in [0.2, 0.25) is 0 Å². The summed E-state index contributed by atoms with van der Waals surface area (Å²) in [6.07, 6.45) is -11.2. The zero-order valence-electron chi connectivity index (χ0n) is 6.49. The van der Waals surface area contributed by atoms with Crippen molar-refractivity contribution in [2.45, 2.75) is 12.4 Å². The molecule has 78 valence electrons. The van der Waals surface area contributed by atoms with Crippen molar-refractivity contribution >= 4 is 11.9 Å². The minimum Gasteiger partial charge on any atom is -1.00 e. The number of carbonyl (C=O) groups is 2. The number of hydrogen-bond acceptors (Lipinski definition) is 3. The van der Waals surface area contributed by atoms with E-state index >= 15 is 0 Å². The molecule has 0 saturated heterocycles. The molecule has 0 spiro atoms. The van der Waals surface area contributed by atoms with Gasteiger partial charge in [-0.05, 0) is 0 Å². The van der Waals surface area contributed by atoms with Crippen LogP contribution in [0.15, 0.2) is 0 Å². The molecule has 0 atom stereocenters. The number of esters is 2. The summed E-state index contributed by atoms with van der Waals surface area (Å²) in [7, 11) is 0. The van der Waals surface area contributed by atoms with Crippen LogP contribution in [0.1, 0.15) is 1.43 Å². The van der Waals surface area contributed by atoms with E-state index in [0.29, 0.717) is 0 Å². The molecule has 0 aromatic carbocycles. The third kappa shape index (κ3) is 3.76. The second kappa shape index (κ2) is 3.23. The fraction of sp³-hybridized carbons (Fsp3) is 0.500. The fourth-order valence-corrected chi connectivity index (χ4v) is 0.200. The van der Waals surface area contributed by atoms with Gasteiger partial charge in [0.1, 0.15) is 0 Å². The molecule has 13 heavy (non-hydrogen) atoms. The van der Waals surface area contributed by atoms with E-state index < -0.39 is 24.3 Å². The molecule has 0 radical (unpaired) electrons. The van der Waals surface area contributed by atoms with Crippen LogP contribution >= 0.6 is 0 Å². The smallest absolute Gasteiger partial charge is 0.491 e. The molecular formula is C4HF6O3-. The standard InChI is InChI=1S/C4F6O3.H/c5-3(6,7)1(11)13-2(12)4(8,9)10;/q;-1. The van der Waals surface area contributed by atoms with Crippen LogP contribution < -0.4 is 0 Å². The van der Waals surface area contributed by atoms with Crippen molar-refractivity contribution in [1.29, 1.82) is 0 Å². The molecule has 0 heterocycles. The van der Waals surface area contributed by atoms with Gasteiger partial charge in [-0.2, -0.15) is 26.3 Å². The van der Waals surface area contributed by atoms with Crippen LogP contribution in [0.25, 0.3) is 0 Å². The van der Waals surface area contributed by atoms with Crippen LogP contribution in [0.5, 0.6) is 0 Å². The first kappa shape index (κ1) is 11.7. The summed E-state index contributed by atoms with van der Waals surface area (Å²) in [5, 5.41) is 0. The summed E-state index contributed by atoms with van der Waals surface area (Å²) in [6, 6.07) is 0. The second-order valence-electron chi connectivity index (χ2n) is 1.67. The molecule has 0 aliphatic rings. The van der Waals surface area contributed by atoms with Crippen LogP contribution in [0.3, 0.4) is 0 Å². The van der Waals surface area contributed by atoms with Crippen LogP contribution in [0.4, 0.5) is 26.3 Å². The highest BCUT2D eigenvalue weighted by atomic mass is 19.4. The molecular weight excluding hydrogens is 210 g/mol. The van der Waals surface area contributed by atoms with Crippen molar-refractivity contribution in [3.63, 3.8) is 0 Å². The Labute approximate surface area is 67.7 Å². The molecule has 0 N–H and O–H groups in total. The minimum absolute atomic E-state index is 0. The number of halogens is 6. The van der Waals surface area contributed by atoms with Gasteiger partial charge in [0.05, 0.1) is 0 Å². The maximum atomic E-state index is 11.2. The summed E-state index contributed by atoms with van der Waals surface area (Å²) in [4.78, 5) is 19.3. The lowest BCUT2D eigenvalue weighted by molar-refractivity contribution is -0.221. The monoisotopic (exact) mass is 211 g/mol. The normalized spacial score (nSPS) is 12.5. The van der Waals surface area contributed by atoms with Gasteiger partial charge in [-0.15, -0.1) is 0 Å². The Morgan fingerprint density at radius 3 is 1.23 bits per heavy atom. The lowest BCUT2D eigenvalue weighted by atomic mass is 10.6. The molecule has 0 aromatic heterocycles. The molecule has 0 aliphatic heterocycles. The maximum absolute atomic E-state index is 11.2. The topological polar surface area (TPSA) is 43.4 Å². The fourth-order valence-electron chi connectivity index (χ4n) is 0.200. The van der Waals surface area contributed by atoms with Crippen molar-refractivity contribution in [2.24, 2.45) is 0 Å². The van der Waals surface area contributed by atoms with Gasteiger partial charge >= 0.3 is 24.3 Å². The van der Waals surface area contributed by atoms with Crippen molar-refractivity contribution in [3.8, 4) is 0 Å². The van der Waals surface area contributed by atoms with Crippen LogP contribution in [-0.2, 0) is 14.3 Å². The summed E-state index contributed by atoms with van der Waals surface area (Å²) in [5.41, 5.74) is 0. The van der Waals surface area contributed by atoms with Gasteiger partial charge in [0, 0.05) is 0 Å². The van der Waals surface area contributed by atoms with Crippen molar-refractivity contribution in [2.75, 3.05) is 0 Å². The first-order chi connectivity index (χ1) is 5.55. The third-order valence-electron chi connectivity index (χ3n) is 0.648. The molecule has 0 fully saturated rings. The predicted molar refractivity (Wildman–Crippen MR) is 24.3 cm³/mol. The van der Waals surface area contributed by atoms with Crippen molar-refractivity contribution in [3.05, 3.63) is 0 Å². The van der Waals surface area contributed by atoms with Crippen molar-refractivity contribution in [1.82, 2.24) is 0 Å². The highest BCUT2D eigenvalue weighted by Gasteiger charge is 2.49. The highest BCUT2D eigenvalue weighted by Crippen LogP contribution is 2.21. The molecule has 0 bridgehead atoms. The van der Waals surface area contributed by atoms with E-state index in [1.165, 1.54) is 0 Å². The van der Waals surface area contributed by atoms with Gasteiger partial charge in [0.25, 0.3) is 0 Å². The lowest BCUT2D eigenvalue weighted by Crippen LogP contribution is -2.34. The number of hydrogen-bond donors (Lipinski definition) is 0. The Hall–Kier alpha value is -1.28. The van der Waals surface area contributed by atoms with Crippen LogP contribution in [0.2, 0.25) is 0 Å². The lowest BCUT2D eigenvalue weighted by Gasteiger charge is -2.06. The minimum atomic E-state index is -5.62. The summed E-state index contributed by atoms with van der Waals surface area (Å²) in [6.45, 7) is 0. The number of alkyl halides is 6. The molecule has 0 aliphatic carbocycles. The van der Waals surface area contributed by atoms with Gasteiger partial charge in [-0.1, -0.05) is 0 Å². The van der Waals surface area contributed by atoms with Gasteiger partial charge in [-0.25, -0.2) is 9.59 Å². The van der Waals surface area contributed by atoms with Crippen LogP contribution in [-0.4, -0.2) is 24.3 Å². The SMILES string of the molecule is O=C(OC(=O)C(F)(F)F)C(F)(F)F.[H-]. The van der Waals surface area contributed by atoms with E-state index in [0.717, 1.165) is 0 Å². The van der Waals surface area contributed by atoms with E-state index in [-0.39, 0.29) is 1.43 Å². The Bertz CT molecular complexity index is 206. The average molecular weight is 211 g/mol. The van der Waals surface area contributed by atoms with Crippen molar-refractivity contribution < 1.29 is 42.1 Å². The van der Waals surface area contributed by atoms with E-state index in [1.54, 1.807) is 0 Å². The Morgan fingerprint density at radius 2 is 1.08 bits per heavy atom. The summed E-state index contributed by atoms with van der Waals surface area (Å²) in [5.74, 6) is -6.40. The second-order valence-corrected chi connectivity index (χ2v) is 1.67. The first-order valence-electron chi connectivity index (χ1n) is 2.45. The Morgan fingerprint density at radius 1 is 0.846 bits per heavy atom. The van der Waals surface area contributed by atoms with E-state index in [2.05, 4.69) is 4.74 Å². The third-order valence-corrected chi connectivity index (χ3v) is 0.648.